The number of carbonyl (C=O) groups excluding carboxylic acids is 1. The van der Waals surface area contributed by atoms with Gasteiger partial charge in [0.2, 0.25) is 0 Å². The Labute approximate surface area is 169 Å². The first kappa shape index (κ1) is 21.6. The first-order chi connectivity index (χ1) is 13.5. The van der Waals surface area contributed by atoms with E-state index in [9.17, 15) is 9.90 Å². The molecule has 3 N–H and O–H groups in total. The second-order valence-electron chi connectivity index (χ2n) is 5.78. The van der Waals surface area contributed by atoms with Gasteiger partial charge in [0.05, 0.1) is 7.11 Å². The molecule has 0 heterocycles. The van der Waals surface area contributed by atoms with E-state index in [1.54, 1.807) is 43.5 Å². The molecule has 0 saturated carbocycles. The number of methoxy groups -OCH3 is 1. The van der Waals surface area contributed by atoms with Crippen molar-refractivity contribution in [3.63, 3.8) is 0 Å². The highest BCUT2D eigenvalue weighted by molar-refractivity contribution is 6.30. The molecule has 2 rings (SSSR count). The van der Waals surface area contributed by atoms with E-state index >= 15 is 0 Å². The van der Waals surface area contributed by atoms with E-state index in [1.165, 1.54) is 0 Å². The van der Waals surface area contributed by atoms with Crippen LogP contribution in [0.5, 0.6) is 11.5 Å². The van der Waals surface area contributed by atoms with Crippen molar-refractivity contribution in [1.29, 1.82) is 0 Å². The molecule has 28 heavy (non-hydrogen) atoms. The fourth-order valence-corrected chi connectivity index (χ4v) is 2.46. The van der Waals surface area contributed by atoms with Gasteiger partial charge in [0, 0.05) is 18.0 Å². The lowest BCUT2D eigenvalue weighted by Crippen LogP contribution is -2.39. The van der Waals surface area contributed by atoms with Crippen LogP contribution in [0.3, 0.4) is 0 Å². The molecule has 2 aromatic rings. The minimum absolute atomic E-state index is 0.292. The van der Waals surface area contributed by atoms with Crippen molar-refractivity contribution in [2.75, 3.05) is 13.7 Å². The molecule has 1 amide bonds. The molecular weight excluding hydrogens is 380 g/mol. The maximum Gasteiger partial charge on any atom is 0.267 e. The van der Waals surface area contributed by atoms with Crippen molar-refractivity contribution in [3.8, 4) is 23.3 Å². The number of amides is 1. The zero-order valence-corrected chi connectivity index (χ0v) is 16.5. The smallest absolute Gasteiger partial charge is 0.267 e. The summed E-state index contributed by atoms with van der Waals surface area (Å²) in [7, 11) is 1.56. The Morgan fingerprint density at radius 1 is 1.18 bits per heavy atom. The molecule has 0 spiro atoms. The summed E-state index contributed by atoms with van der Waals surface area (Å²) in [4.78, 5) is 12.1. The van der Waals surface area contributed by atoms with Gasteiger partial charge in [-0.2, -0.15) is 0 Å². The lowest BCUT2D eigenvalue weighted by Gasteiger charge is -2.14. The van der Waals surface area contributed by atoms with Gasteiger partial charge in [-0.25, -0.2) is 5.43 Å². The van der Waals surface area contributed by atoms with Crippen LogP contribution in [-0.4, -0.2) is 24.7 Å². The lowest BCUT2D eigenvalue weighted by atomic mass is 10.1. The quantitative estimate of drug-likeness (QED) is 0.467. The van der Waals surface area contributed by atoms with E-state index in [0.717, 1.165) is 12.0 Å². The average molecular weight is 403 g/mol. The summed E-state index contributed by atoms with van der Waals surface area (Å²) in [6.07, 6.45) is -0.511. The van der Waals surface area contributed by atoms with Crippen LogP contribution < -0.4 is 20.3 Å². The Kier molecular flexibility index (Phi) is 8.63. The van der Waals surface area contributed by atoms with E-state index < -0.39 is 12.0 Å². The summed E-state index contributed by atoms with van der Waals surface area (Å²) in [5.41, 5.74) is 6.59. The third kappa shape index (κ3) is 6.46. The minimum atomic E-state index is -1.29. The molecule has 0 radical (unpaired) electrons. The molecule has 0 saturated heterocycles. The molecule has 0 aliphatic carbocycles. The standard InChI is InChI=1S/C21H23ClN2O4/c1-3-4-5-12-28-18-11-6-15(13-19(18)27-2)14-23-24-21(26)20(25)16-7-9-17(22)10-8-16/h6-11,13,20,23,25H,3,12,14H2,1-2H3,(H,24,26). The number of rotatable bonds is 8. The number of hydrogen-bond donors (Lipinski definition) is 3. The predicted molar refractivity (Wildman–Crippen MR) is 108 cm³/mol. The average Bonchev–Trinajstić information content (AvgIpc) is 2.71. The third-order valence-electron chi connectivity index (χ3n) is 3.77. The van der Waals surface area contributed by atoms with E-state index in [0.29, 0.717) is 35.2 Å². The Morgan fingerprint density at radius 3 is 2.61 bits per heavy atom. The topological polar surface area (TPSA) is 79.8 Å². The molecule has 148 valence electrons. The highest BCUT2D eigenvalue weighted by Gasteiger charge is 2.16. The minimum Gasteiger partial charge on any atom is -0.493 e. The summed E-state index contributed by atoms with van der Waals surface area (Å²) in [5, 5.41) is 10.6. The van der Waals surface area contributed by atoms with Crippen LogP contribution in [0.15, 0.2) is 42.5 Å². The number of benzene rings is 2. The van der Waals surface area contributed by atoms with Crippen LogP contribution in [0, 0.1) is 11.8 Å². The van der Waals surface area contributed by atoms with Gasteiger partial charge in [-0.05, 0) is 35.4 Å². The molecule has 1 atom stereocenters. The van der Waals surface area contributed by atoms with E-state index in [-0.39, 0.29) is 0 Å². The lowest BCUT2D eigenvalue weighted by molar-refractivity contribution is -0.130. The molecule has 0 aliphatic heterocycles. The van der Waals surface area contributed by atoms with Gasteiger partial charge in [-0.1, -0.05) is 42.6 Å². The molecule has 6 nitrogen and oxygen atoms in total. The SMILES string of the molecule is CCC#CCOc1ccc(CNNC(=O)C(O)c2ccc(Cl)cc2)cc1OC. The summed E-state index contributed by atoms with van der Waals surface area (Å²) < 4.78 is 10.9. The fourth-order valence-electron chi connectivity index (χ4n) is 2.33. The maximum atomic E-state index is 12.1. The normalized spacial score (nSPS) is 11.1. The van der Waals surface area contributed by atoms with E-state index in [1.807, 2.05) is 13.0 Å². The predicted octanol–water partition coefficient (Wildman–Crippen LogP) is 3.00. The second kappa shape index (κ2) is 11.2. The highest BCUT2D eigenvalue weighted by atomic mass is 35.5. The Hall–Kier alpha value is -2.72. The number of hydrazine groups is 1. The summed E-state index contributed by atoms with van der Waals surface area (Å²) in [5.74, 6) is 6.45. The highest BCUT2D eigenvalue weighted by Crippen LogP contribution is 2.28. The Bertz CT molecular complexity index is 844. The second-order valence-corrected chi connectivity index (χ2v) is 6.21. The number of aliphatic hydroxyl groups excluding tert-OH is 1. The fraction of sp³-hybridized carbons (Fsp3) is 0.286. The summed E-state index contributed by atoms with van der Waals surface area (Å²) >= 11 is 5.80. The first-order valence-electron chi connectivity index (χ1n) is 8.76. The van der Waals surface area contributed by atoms with Gasteiger partial charge in [-0.15, -0.1) is 5.92 Å². The van der Waals surface area contributed by atoms with Crippen LogP contribution in [0.1, 0.15) is 30.6 Å². The zero-order valence-electron chi connectivity index (χ0n) is 15.8. The zero-order chi connectivity index (χ0) is 20.4. The van der Waals surface area contributed by atoms with Crippen LogP contribution in [0.4, 0.5) is 0 Å². The van der Waals surface area contributed by atoms with Crippen LogP contribution in [-0.2, 0) is 11.3 Å². The molecule has 2 aromatic carbocycles. The Balaban J connectivity index is 1.87. The first-order valence-corrected chi connectivity index (χ1v) is 9.14. The number of carbonyl (C=O) groups is 1. The van der Waals surface area contributed by atoms with E-state index in [4.69, 9.17) is 21.1 Å². The van der Waals surface area contributed by atoms with Crippen LogP contribution in [0.2, 0.25) is 5.02 Å². The number of ether oxygens (including phenoxy) is 2. The largest absolute Gasteiger partial charge is 0.493 e. The van der Waals surface area contributed by atoms with Gasteiger partial charge in [-0.3, -0.25) is 10.2 Å². The molecule has 0 aliphatic rings. The summed E-state index contributed by atoms with van der Waals surface area (Å²) in [6, 6.07) is 11.9. The van der Waals surface area contributed by atoms with Gasteiger partial charge < -0.3 is 14.6 Å². The van der Waals surface area contributed by atoms with Gasteiger partial charge in [0.25, 0.3) is 5.91 Å². The van der Waals surface area contributed by atoms with E-state index in [2.05, 4.69) is 22.7 Å². The molecule has 1 unspecified atom stereocenters. The molecule has 0 aromatic heterocycles. The van der Waals surface area contributed by atoms with Crippen molar-refractivity contribution in [2.24, 2.45) is 0 Å². The molecule has 7 heteroatoms. The van der Waals surface area contributed by atoms with Crippen LogP contribution in [0.25, 0.3) is 0 Å². The number of halogens is 1. The van der Waals surface area contributed by atoms with Crippen molar-refractivity contribution in [2.45, 2.75) is 26.0 Å². The third-order valence-corrected chi connectivity index (χ3v) is 4.02. The van der Waals surface area contributed by atoms with Gasteiger partial charge >= 0.3 is 0 Å². The number of hydrogen-bond acceptors (Lipinski definition) is 5. The number of aliphatic hydroxyl groups is 1. The van der Waals surface area contributed by atoms with Gasteiger partial charge in [0.15, 0.2) is 17.6 Å². The number of nitrogens with one attached hydrogen (secondary N) is 2. The Morgan fingerprint density at radius 2 is 1.93 bits per heavy atom. The summed E-state index contributed by atoms with van der Waals surface area (Å²) in [6.45, 7) is 2.61. The van der Waals surface area contributed by atoms with Gasteiger partial charge in [0.1, 0.15) is 6.61 Å². The van der Waals surface area contributed by atoms with Crippen molar-refractivity contribution < 1.29 is 19.4 Å². The molecular formula is C21H23ClN2O4. The monoisotopic (exact) mass is 402 g/mol. The van der Waals surface area contributed by atoms with Crippen LogP contribution >= 0.6 is 11.6 Å². The molecule has 0 fully saturated rings. The van der Waals surface area contributed by atoms with Crippen molar-refractivity contribution in [3.05, 3.63) is 58.6 Å². The molecule has 0 bridgehead atoms. The maximum absolute atomic E-state index is 12.1. The van der Waals surface area contributed by atoms with Crippen molar-refractivity contribution >= 4 is 17.5 Å². The van der Waals surface area contributed by atoms with Crippen molar-refractivity contribution in [1.82, 2.24) is 10.9 Å².